The van der Waals surface area contributed by atoms with E-state index in [1.54, 1.807) is 0 Å². The molecule has 104 valence electrons. The lowest BCUT2D eigenvalue weighted by molar-refractivity contribution is -0.00292. The van der Waals surface area contributed by atoms with Crippen LogP contribution in [0.1, 0.15) is 91.9 Å². The molecule has 1 nitrogen and oxygen atoms in total. The van der Waals surface area contributed by atoms with E-state index >= 15 is 0 Å². The molecule has 1 heteroatoms. The van der Waals surface area contributed by atoms with Crippen molar-refractivity contribution in [1.82, 2.24) is 0 Å². The predicted molar refractivity (Wildman–Crippen MR) is 77.3 cm³/mol. The van der Waals surface area contributed by atoms with E-state index < -0.39 is 0 Å². The molecular weight excluding hydrogens is 208 g/mol. The van der Waals surface area contributed by atoms with Gasteiger partial charge in [-0.2, -0.15) is 0 Å². The molecule has 0 saturated carbocycles. The number of rotatable bonds is 11. The molecule has 1 atom stereocenters. The van der Waals surface area contributed by atoms with Gasteiger partial charge in [0.1, 0.15) is 0 Å². The van der Waals surface area contributed by atoms with Crippen LogP contribution in [0.25, 0.3) is 0 Å². The summed E-state index contributed by atoms with van der Waals surface area (Å²) in [5, 5.41) is 10.5. The summed E-state index contributed by atoms with van der Waals surface area (Å²) >= 11 is 0. The molecule has 0 aromatic rings. The highest BCUT2D eigenvalue weighted by atomic mass is 16.3. The molecule has 0 saturated heterocycles. The van der Waals surface area contributed by atoms with Crippen molar-refractivity contribution in [2.45, 2.75) is 98.0 Å². The second kappa shape index (κ2) is 9.94. The Kier molecular flexibility index (Phi) is 9.91. The Hall–Kier alpha value is -0.0400. The van der Waals surface area contributed by atoms with E-state index in [1.807, 2.05) is 0 Å². The summed E-state index contributed by atoms with van der Waals surface area (Å²) in [4.78, 5) is 0. The summed E-state index contributed by atoms with van der Waals surface area (Å²) in [6.07, 6.45) is 11.9. The van der Waals surface area contributed by atoms with Crippen molar-refractivity contribution in [3.8, 4) is 0 Å². The largest absolute Gasteiger partial charge is 0.393 e. The zero-order valence-electron chi connectivity index (χ0n) is 12.6. The van der Waals surface area contributed by atoms with Crippen LogP contribution in [0.15, 0.2) is 0 Å². The van der Waals surface area contributed by atoms with Crippen molar-refractivity contribution >= 4 is 0 Å². The SMILES string of the molecule is CCCCC(O)C(CC)(CCCC)CCCC. The van der Waals surface area contributed by atoms with E-state index in [2.05, 4.69) is 27.7 Å². The molecule has 0 radical (unpaired) electrons. The lowest BCUT2D eigenvalue weighted by Gasteiger charge is -2.38. The third-order valence-corrected chi connectivity index (χ3v) is 4.30. The summed E-state index contributed by atoms with van der Waals surface area (Å²) in [7, 11) is 0. The average molecular weight is 242 g/mol. The number of aliphatic hydroxyl groups is 1. The quantitative estimate of drug-likeness (QED) is 0.520. The molecule has 0 aromatic carbocycles. The fourth-order valence-electron chi connectivity index (χ4n) is 2.81. The number of aliphatic hydroxyl groups excluding tert-OH is 1. The topological polar surface area (TPSA) is 20.2 Å². The van der Waals surface area contributed by atoms with Crippen LogP contribution in [0.3, 0.4) is 0 Å². The molecule has 0 heterocycles. The molecule has 0 fully saturated rings. The monoisotopic (exact) mass is 242 g/mol. The van der Waals surface area contributed by atoms with Crippen LogP contribution >= 0.6 is 0 Å². The van der Waals surface area contributed by atoms with Crippen molar-refractivity contribution in [1.29, 1.82) is 0 Å². The third-order valence-electron chi connectivity index (χ3n) is 4.30. The maximum absolute atomic E-state index is 10.5. The van der Waals surface area contributed by atoms with Crippen molar-refractivity contribution in [3.63, 3.8) is 0 Å². The maximum atomic E-state index is 10.5. The van der Waals surface area contributed by atoms with Crippen molar-refractivity contribution in [3.05, 3.63) is 0 Å². The number of unbranched alkanes of at least 4 members (excludes halogenated alkanes) is 3. The fraction of sp³-hybridized carbons (Fsp3) is 1.00. The van der Waals surface area contributed by atoms with Gasteiger partial charge in [0.15, 0.2) is 0 Å². The minimum absolute atomic E-state index is 0.0782. The summed E-state index contributed by atoms with van der Waals surface area (Å²) in [5.41, 5.74) is 0.210. The normalized spacial score (nSPS) is 13.9. The van der Waals surface area contributed by atoms with Gasteiger partial charge in [0, 0.05) is 0 Å². The Balaban J connectivity index is 4.50. The summed E-state index contributed by atoms with van der Waals surface area (Å²) in [6, 6.07) is 0. The molecule has 0 spiro atoms. The molecule has 0 amide bonds. The van der Waals surface area contributed by atoms with Gasteiger partial charge in [0.25, 0.3) is 0 Å². The van der Waals surface area contributed by atoms with Crippen LogP contribution < -0.4 is 0 Å². The van der Waals surface area contributed by atoms with Crippen LogP contribution in [0, 0.1) is 5.41 Å². The van der Waals surface area contributed by atoms with Crippen molar-refractivity contribution in [2.75, 3.05) is 0 Å². The van der Waals surface area contributed by atoms with Gasteiger partial charge in [-0.25, -0.2) is 0 Å². The second-order valence-corrected chi connectivity index (χ2v) is 5.58. The molecule has 1 unspecified atom stereocenters. The number of hydrogen-bond acceptors (Lipinski definition) is 1. The van der Waals surface area contributed by atoms with E-state index in [9.17, 15) is 5.11 Å². The number of hydrogen-bond donors (Lipinski definition) is 1. The molecule has 0 aliphatic carbocycles. The smallest absolute Gasteiger partial charge is 0.0596 e. The molecule has 0 rings (SSSR count). The minimum Gasteiger partial charge on any atom is -0.393 e. The molecule has 0 aromatic heterocycles. The molecule has 1 N–H and O–H groups in total. The zero-order chi connectivity index (χ0) is 13.1. The minimum atomic E-state index is -0.0782. The van der Waals surface area contributed by atoms with Crippen LogP contribution in [0.4, 0.5) is 0 Å². The van der Waals surface area contributed by atoms with E-state index in [-0.39, 0.29) is 11.5 Å². The van der Waals surface area contributed by atoms with Gasteiger partial charge >= 0.3 is 0 Å². The first-order valence-corrected chi connectivity index (χ1v) is 7.84. The van der Waals surface area contributed by atoms with Gasteiger partial charge in [-0.05, 0) is 31.1 Å². The van der Waals surface area contributed by atoms with E-state index in [0.717, 1.165) is 12.8 Å². The molecule has 17 heavy (non-hydrogen) atoms. The first-order valence-electron chi connectivity index (χ1n) is 7.84. The van der Waals surface area contributed by atoms with Crippen molar-refractivity contribution in [2.24, 2.45) is 5.41 Å². The van der Waals surface area contributed by atoms with Crippen LogP contribution in [0.2, 0.25) is 0 Å². The first kappa shape index (κ1) is 17.0. The van der Waals surface area contributed by atoms with Gasteiger partial charge in [-0.3, -0.25) is 0 Å². The lowest BCUT2D eigenvalue weighted by atomic mass is 9.70. The standard InChI is InChI=1S/C16H34O/c1-5-9-12-15(17)16(8-4,13-10-6-2)14-11-7-3/h15,17H,5-14H2,1-4H3. The van der Waals surface area contributed by atoms with E-state index in [4.69, 9.17) is 0 Å². The van der Waals surface area contributed by atoms with Gasteiger partial charge < -0.3 is 5.11 Å². The highest BCUT2D eigenvalue weighted by molar-refractivity contribution is 4.85. The highest BCUT2D eigenvalue weighted by Gasteiger charge is 2.34. The summed E-state index contributed by atoms with van der Waals surface area (Å²) in [6.45, 7) is 8.97. The van der Waals surface area contributed by atoms with Crippen LogP contribution in [0.5, 0.6) is 0 Å². The van der Waals surface area contributed by atoms with E-state index in [0.29, 0.717) is 0 Å². The van der Waals surface area contributed by atoms with Crippen molar-refractivity contribution < 1.29 is 5.11 Å². The average Bonchev–Trinajstić information content (AvgIpc) is 2.37. The zero-order valence-corrected chi connectivity index (χ0v) is 12.6. The highest BCUT2D eigenvalue weighted by Crippen LogP contribution is 2.40. The second-order valence-electron chi connectivity index (χ2n) is 5.58. The Morgan fingerprint density at radius 2 is 1.29 bits per heavy atom. The predicted octanol–water partition coefficient (Wildman–Crippen LogP) is 5.31. The van der Waals surface area contributed by atoms with Gasteiger partial charge in [0.05, 0.1) is 6.10 Å². The van der Waals surface area contributed by atoms with Crippen LogP contribution in [-0.2, 0) is 0 Å². The van der Waals surface area contributed by atoms with Crippen LogP contribution in [-0.4, -0.2) is 11.2 Å². The first-order chi connectivity index (χ1) is 8.16. The maximum Gasteiger partial charge on any atom is 0.0596 e. The third kappa shape index (κ3) is 5.90. The van der Waals surface area contributed by atoms with Gasteiger partial charge in [-0.15, -0.1) is 0 Å². The summed E-state index contributed by atoms with van der Waals surface area (Å²) in [5.74, 6) is 0. The van der Waals surface area contributed by atoms with Gasteiger partial charge in [-0.1, -0.05) is 66.2 Å². The Morgan fingerprint density at radius 3 is 1.65 bits per heavy atom. The van der Waals surface area contributed by atoms with E-state index in [1.165, 1.54) is 51.4 Å². The summed E-state index contributed by atoms with van der Waals surface area (Å²) < 4.78 is 0. The van der Waals surface area contributed by atoms with Gasteiger partial charge in [0.2, 0.25) is 0 Å². The Morgan fingerprint density at radius 1 is 0.824 bits per heavy atom. The Labute approximate surface area is 109 Å². The molecule has 0 aliphatic rings. The Bertz CT molecular complexity index is 157. The molecule has 0 aliphatic heterocycles. The fourth-order valence-corrected chi connectivity index (χ4v) is 2.81. The molecule has 0 bridgehead atoms. The lowest BCUT2D eigenvalue weighted by Crippen LogP contribution is -2.35. The molecular formula is C16H34O.